The minimum atomic E-state index is -0.823. The van der Waals surface area contributed by atoms with Crippen LogP contribution in [0.2, 0.25) is 0 Å². The largest absolute Gasteiger partial charge is 0.415 e. The summed E-state index contributed by atoms with van der Waals surface area (Å²) in [5.74, 6) is -1.98. The SMILES string of the molecule is Cc1ccc(C(=O)Nc2ccc(C(=O)N/N=C/c3cccc([N+](=O)[O-])c3OC(=O)/C=C/c3ccccc3)cc2)cc1. The average molecular weight is 549 g/mol. The van der Waals surface area contributed by atoms with Crippen molar-refractivity contribution in [2.24, 2.45) is 5.10 Å². The van der Waals surface area contributed by atoms with Crippen molar-refractivity contribution in [2.45, 2.75) is 6.92 Å². The molecule has 0 fully saturated rings. The number of nitro benzene ring substituents is 1. The molecule has 4 rings (SSSR count). The normalized spacial score (nSPS) is 10.9. The molecule has 0 atom stereocenters. The topological polar surface area (TPSA) is 140 Å². The highest BCUT2D eigenvalue weighted by atomic mass is 16.6. The second-order valence-corrected chi connectivity index (χ2v) is 8.71. The third kappa shape index (κ3) is 7.80. The Hall–Kier alpha value is -5.90. The van der Waals surface area contributed by atoms with Crippen LogP contribution in [0, 0.1) is 17.0 Å². The van der Waals surface area contributed by atoms with E-state index in [1.807, 2.05) is 25.1 Å². The van der Waals surface area contributed by atoms with Gasteiger partial charge in [-0.2, -0.15) is 5.10 Å². The lowest BCUT2D eigenvalue weighted by molar-refractivity contribution is -0.385. The molecule has 41 heavy (non-hydrogen) atoms. The summed E-state index contributed by atoms with van der Waals surface area (Å²) < 4.78 is 5.28. The molecule has 0 aliphatic carbocycles. The molecule has 2 amide bonds. The number of ether oxygens (including phenoxy) is 1. The Morgan fingerprint density at radius 2 is 1.49 bits per heavy atom. The molecule has 0 saturated heterocycles. The number of benzene rings is 4. The summed E-state index contributed by atoms with van der Waals surface area (Å²) >= 11 is 0. The molecule has 0 aromatic heterocycles. The van der Waals surface area contributed by atoms with E-state index in [1.165, 1.54) is 36.4 Å². The van der Waals surface area contributed by atoms with Gasteiger partial charge in [0.1, 0.15) is 0 Å². The van der Waals surface area contributed by atoms with Gasteiger partial charge in [0.2, 0.25) is 5.75 Å². The predicted octanol–water partition coefficient (Wildman–Crippen LogP) is 5.54. The van der Waals surface area contributed by atoms with Crippen molar-refractivity contribution in [3.63, 3.8) is 0 Å². The van der Waals surface area contributed by atoms with Crippen LogP contribution in [0.3, 0.4) is 0 Å². The Balaban J connectivity index is 1.41. The van der Waals surface area contributed by atoms with Gasteiger partial charge in [0.15, 0.2) is 0 Å². The molecular weight excluding hydrogens is 524 g/mol. The van der Waals surface area contributed by atoms with E-state index in [-0.39, 0.29) is 22.8 Å². The average Bonchev–Trinajstić information content (AvgIpc) is 2.98. The predicted molar refractivity (Wildman–Crippen MR) is 155 cm³/mol. The number of esters is 1. The Labute approximate surface area is 235 Å². The first-order chi connectivity index (χ1) is 19.8. The molecular formula is C31H24N4O6. The molecule has 4 aromatic rings. The quantitative estimate of drug-likeness (QED) is 0.0703. The molecule has 0 radical (unpaired) electrons. The summed E-state index contributed by atoms with van der Waals surface area (Å²) in [4.78, 5) is 48.2. The van der Waals surface area contributed by atoms with Crippen LogP contribution in [-0.2, 0) is 4.79 Å². The van der Waals surface area contributed by atoms with Gasteiger partial charge in [-0.15, -0.1) is 0 Å². The van der Waals surface area contributed by atoms with Crippen molar-refractivity contribution in [1.82, 2.24) is 5.43 Å². The number of hydrazone groups is 1. The van der Waals surface area contributed by atoms with E-state index in [1.54, 1.807) is 48.5 Å². The van der Waals surface area contributed by atoms with E-state index in [0.29, 0.717) is 11.3 Å². The van der Waals surface area contributed by atoms with Gasteiger partial charge in [-0.05, 0) is 61.0 Å². The Morgan fingerprint density at radius 3 is 2.17 bits per heavy atom. The van der Waals surface area contributed by atoms with Gasteiger partial charge in [-0.25, -0.2) is 10.2 Å². The number of hydrogen-bond acceptors (Lipinski definition) is 7. The molecule has 0 unspecified atom stereocenters. The Kier molecular flexibility index (Phi) is 9.09. The lowest BCUT2D eigenvalue weighted by Crippen LogP contribution is -2.18. The molecule has 0 saturated carbocycles. The monoisotopic (exact) mass is 548 g/mol. The zero-order valence-electron chi connectivity index (χ0n) is 21.8. The number of aryl methyl sites for hydroxylation is 1. The third-order valence-electron chi connectivity index (χ3n) is 5.72. The molecule has 4 aromatic carbocycles. The molecule has 0 aliphatic heterocycles. The molecule has 0 spiro atoms. The summed E-state index contributed by atoms with van der Waals surface area (Å²) in [6, 6.07) is 26.3. The maximum Gasteiger partial charge on any atom is 0.336 e. The van der Waals surface area contributed by atoms with Crippen LogP contribution in [0.5, 0.6) is 5.75 Å². The number of anilines is 1. The van der Waals surface area contributed by atoms with Crippen LogP contribution in [0.15, 0.2) is 108 Å². The summed E-state index contributed by atoms with van der Waals surface area (Å²) in [7, 11) is 0. The summed E-state index contributed by atoms with van der Waals surface area (Å²) in [6.45, 7) is 1.93. The highest BCUT2D eigenvalue weighted by Gasteiger charge is 2.20. The van der Waals surface area contributed by atoms with Crippen LogP contribution in [0.25, 0.3) is 6.08 Å². The second-order valence-electron chi connectivity index (χ2n) is 8.71. The molecule has 204 valence electrons. The van der Waals surface area contributed by atoms with Crippen LogP contribution >= 0.6 is 0 Å². The number of nitrogens with zero attached hydrogens (tertiary/aromatic N) is 2. The summed E-state index contributed by atoms with van der Waals surface area (Å²) in [6.07, 6.45) is 3.82. The first kappa shape index (κ1) is 28.1. The number of para-hydroxylation sites is 1. The Morgan fingerprint density at radius 1 is 0.829 bits per heavy atom. The molecule has 10 nitrogen and oxygen atoms in total. The summed E-state index contributed by atoms with van der Waals surface area (Å²) in [5.41, 5.74) is 5.05. The maximum absolute atomic E-state index is 12.6. The fourth-order valence-corrected chi connectivity index (χ4v) is 3.60. The standard InChI is InChI=1S/C31H24N4O6/c1-21-10-13-23(14-11-21)30(37)33-26-17-15-24(16-18-26)31(38)34-32-20-25-8-5-9-27(35(39)40)29(25)41-28(36)19-12-22-6-3-2-4-7-22/h2-20H,1H3,(H,33,37)(H,34,38)/b19-12+,32-20+. The summed E-state index contributed by atoms with van der Waals surface area (Å²) in [5, 5.41) is 18.2. The van der Waals surface area contributed by atoms with Crippen molar-refractivity contribution < 1.29 is 24.0 Å². The number of rotatable bonds is 9. The van der Waals surface area contributed by atoms with Crippen LogP contribution < -0.4 is 15.5 Å². The molecule has 10 heteroatoms. The van der Waals surface area contributed by atoms with E-state index >= 15 is 0 Å². The van der Waals surface area contributed by atoms with Crippen molar-refractivity contribution in [3.8, 4) is 5.75 Å². The minimum Gasteiger partial charge on any atom is -0.415 e. The smallest absolute Gasteiger partial charge is 0.336 e. The second kappa shape index (κ2) is 13.3. The lowest BCUT2D eigenvalue weighted by Gasteiger charge is -2.07. The minimum absolute atomic E-state index is 0.107. The number of nitro groups is 1. The molecule has 0 aliphatic rings. The number of carbonyl (C=O) groups is 3. The van der Waals surface area contributed by atoms with Gasteiger partial charge in [0, 0.05) is 34.5 Å². The van der Waals surface area contributed by atoms with Crippen LogP contribution in [0.4, 0.5) is 11.4 Å². The number of hydrogen-bond donors (Lipinski definition) is 2. The van der Waals surface area contributed by atoms with Gasteiger partial charge >= 0.3 is 11.7 Å². The zero-order chi connectivity index (χ0) is 29.2. The first-order valence-corrected chi connectivity index (χ1v) is 12.3. The third-order valence-corrected chi connectivity index (χ3v) is 5.72. The van der Waals surface area contributed by atoms with Crippen LogP contribution in [-0.4, -0.2) is 28.9 Å². The highest BCUT2D eigenvalue weighted by Crippen LogP contribution is 2.30. The van der Waals surface area contributed by atoms with Crippen molar-refractivity contribution in [2.75, 3.05) is 5.32 Å². The van der Waals surface area contributed by atoms with Gasteiger partial charge in [-0.1, -0.05) is 54.1 Å². The van der Waals surface area contributed by atoms with E-state index in [4.69, 9.17) is 4.74 Å². The lowest BCUT2D eigenvalue weighted by atomic mass is 10.1. The zero-order valence-corrected chi connectivity index (χ0v) is 21.8. The van der Waals surface area contributed by atoms with Crippen LogP contribution in [0.1, 0.15) is 37.4 Å². The van der Waals surface area contributed by atoms with E-state index in [2.05, 4.69) is 15.8 Å². The fourth-order valence-electron chi connectivity index (χ4n) is 3.60. The van der Waals surface area contributed by atoms with Crippen molar-refractivity contribution in [1.29, 1.82) is 0 Å². The van der Waals surface area contributed by atoms with Gasteiger partial charge in [0.05, 0.1) is 11.1 Å². The van der Waals surface area contributed by atoms with E-state index in [9.17, 15) is 24.5 Å². The molecule has 0 heterocycles. The van der Waals surface area contributed by atoms with Crippen molar-refractivity contribution >= 4 is 41.4 Å². The van der Waals surface area contributed by atoms with Gasteiger partial charge in [-0.3, -0.25) is 19.7 Å². The van der Waals surface area contributed by atoms with E-state index < -0.39 is 22.5 Å². The van der Waals surface area contributed by atoms with Gasteiger partial charge < -0.3 is 10.1 Å². The van der Waals surface area contributed by atoms with Crippen molar-refractivity contribution in [3.05, 3.63) is 141 Å². The fraction of sp³-hybridized carbons (Fsp3) is 0.0323. The highest BCUT2D eigenvalue weighted by molar-refractivity contribution is 6.04. The van der Waals surface area contributed by atoms with E-state index in [0.717, 1.165) is 23.4 Å². The maximum atomic E-state index is 12.6. The number of nitrogens with one attached hydrogen (secondary N) is 2. The number of amides is 2. The number of carbonyl (C=O) groups excluding carboxylic acids is 3. The Bertz CT molecular complexity index is 1630. The molecule has 2 N–H and O–H groups in total. The molecule has 0 bridgehead atoms. The first-order valence-electron chi connectivity index (χ1n) is 12.3. The van der Waals surface area contributed by atoms with Gasteiger partial charge in [0.25, 0.3) is 11.8 Å².